The van der Waals surface area contributed by atoms with Crippen molar-refractivity contribution in [2.24, 2.45) is 0 Å². The van der Waals surface area contributed by atoms with Gasteiger partial charge in [0.25, 0.3) is 0 Å². The Morgan fingerprint density at radius 1 is 1.00 bits per heavy atom. The van der Waals surface area contributed by atoms with Crippen molar-refractivity contribution in [2.75, 3.05) is 5.32 Å². The lowest BCUT2D eigenvalue weighted by Gasteiger charge is -2.10. The molecule has 3 aromatic rings. The Bertz CT molecular complexity index is 893. The van der Waals surface area contributed by atoms with Crippen LogP contribution in [0.2, 0.25) is 0 Å². The van der Waals surface area contributed by atoms with E-state index < -0.39 is 23.5 Å². The molecular weight excluding hydrogens is 353 g/mol. The quantitative estimate of drug-likeness (QED) is 0.651. The molecule has 1 N–H and O–H groups in total. The molecule has 1 heterocycles. The highest BCUT2D eigenvalue weighted by molar-refractivity contribution is 5.49. The highest BCUT2D eigenvalue weighted by atomic mass is 19.4. The molecule has 0 unspecified atom stereocenters. The summed E-state index contributed by atoms with van der Waals surface area (Å²) >= 11 is 0. The summed E-state index contributed by atoms with van der Waals surface area (Å²) in [6.07, 6.45) is -3.59. The minimum Gasteiger partial charge on any atom is -0.381 e. The van der Waals surface area contributed by atoms with Gasteiger partial charge in [-0.25, -0.2) is 13.8 Å². The zero-order valence-corrected chi connectivity index (χ0v) is 13.6. The van der Waals surface area contributed by atoms with Gasteiger partial charge in [-0.2, -0.15) is 13.2 Å². The highest BCUT2D eigenvalue weighted by Gasteiger charge is 2.34. The van der Waals surface area contributed by atoms with E-state index in [0.717, 1.165) is 6.20 Å². The molecule has 0 amide bonds. The molecule has 0 saturated heterocycles. The molecule has 0 radical (unpaired) electrons. The topological polar surface area (TPSA) is 29.9 Å². The van der Waals surface area contributed by atoms with Crippen LogP contribution in [0.5, 0.6) is 0 Å². The zero-order valence-electron chi connectivity index (χ0n) is 13.6. The van der Waals surface area contributed by atoms with Gasteiger partial charge in [0.15, 0.2) is 5.69 Å². The standard InChI is InChI=1S/C18H14F5N3/c1-11-25-17(18(21,22)23)10-26(11)13-7-5-12(6-8-13)24-9-14-15(19)3-2-4-16(14)20/h2-8,10,24H,9H2,1H3. The van der Waals surface area contributed by atoms with E-state index in [1.54, 1.807) is 24.3 Å². The Hall–Kier alpha value is -2.90. The van der Waals surface area contributed by atoms with E-state index in [0.29, 0.717) is 11.4 Å². The first-order valence-electron chi connectivity index (χ1n) is 7.66. The van der Waals surface area contributed by atoms with Crippen LogP contribution < -0.4 is 5.32 Å². The van der Waals surface area contributed by atoms with Crippen molar-refractivity contribution in [3.8, 4) is 5.69 Å². The smallest absolute Gasteiger partial charge is 0.381 e. The lowest BCUT2D eigenvalue weighted by Crippen LogP contribution is -2.05. The number of hydrogen-bond acceptors (Lipinski definition) is 2. The molecule has 0 aliphatic rings. The fourth-order valence-corrected chi connectivity index (χ4v) is 2.50. The van der Waals surface area contributed by atoms with Gasteiger partial charge in [0.2, 0.25) is 0 Å². The SMILES string of the molecule is Cc1nc(C(F)(F)F)cn1-c1ccc(NCc2c(F)cccc2F)cc1. The zero-order chi connectivity index (χ0) is 18.9. The number of aryl methyl sites for hydroxylation is 1. The second-order valence-electron chi connectivity index (χ2n) is 5.64. The Kier molecular flexibility index (Phi) is 4.67. The van der Waals surface area contributed by atoms with E-state index >= 15 is 0 Å². The van der Waals surface area contributed by atoms with E-state index in [2.05, 4.69) is 10.3 Å². The average Bonchev–Trinajstić information content (AvgIpc) is 2.97. The third-order valence-electron chi connectivity index (χ3n) is 3.85. The number of imidazole rings is 1. The van der Waals surface area contributed by atoms with Gasteiger partial charge < -0.3 is 9.88 Å². The van der Waals surface area contributed by atoms with Crippen LogP contribution in [-0.4, -0.2) is 9.55 Å². The summed E-state index contributed by atoms with van der Waals surface area (Å²) in [6, 6.07) is 10.0. The predicted octanol–water partition coefficient (Wildman–Crippen LogP) is 5.09. The molecule has 0 fully saturated rings. The Labute approximate surface area is 146 Å². The first kappa shape index (κ1) is 17.9. The van der Waals surface area contributed by atoms with Gasteiger partial charge in [-0.1, -0.05) is 6.07 Å². The first-order valence-corrected chi connectivity index (χ1v) is 7.66. The van der Waals surface area contributed by atoms with E-state index in [1.165, 1.54) is 29.7 Å². The summed E-state index contributed by atoms with van der Waals surface area (Å²) in [7, 11) is 0. The van der Waals surface area contributed by atoms with Crippen molar-refractivity contribution in [2.45, 2.75) is 19.6 Å². The van der Waals surface area contributed by atoms with Crippen molar-refractivity contribution in [3.63, 3.8) is 0 Å². The third kappa shape index (κ3) is 3.68. The van der Waals surface area contributed by atoms with Crippen LogP contribution in [0, 0.1) is 18.6 Å². The second kappa shape index (κ2) is 6.78. The highest BCUT2D eigenvalue weighted by Crippen LogP contribution is 2.29. The fourth-order valence-electron chi connectivity index (χ4n) is 2.50. The summed E-state index contributed by atoms with van der Waals surface area (Å²) in [5, 5.41) is 2.88. The molecule has 3 rings (SSSR count). The Morgan fingerprint density at radius 3 is 2.15 bits per heavy atom. The predicted molar refractivity (Wildman–Crippen MR) is 87.0 cm³/mol. The number of nitrogens with zero attached hydrogens (tertiary/aromatic N) is 2. The number of hydrogen-bond donors (Lipinski definition) is 1. The van der Waals surface area contributed by atoms with Gasteiger partial charge in [0.05, 0.1) is 0 Å². The van der Waals surface area contributed by atoms with Gasteiger partial charge in [-0.3, -0.25) is 0 Å². The molecule has 8 heteroatoms. The maximum Gasteiger partial charge on any atom is 0.434 e. The summed E-state index contributed by atoms with van der Waals surface area (Å²) < 4.78 is 66.7. The van der Waals surface area contributed by atoms with Crippen molar-refractivity contribution in [1.29, 1.82) is 0 Å². The number of halogens is 5. The molecule has 0 bridgehead atoms. The molecule has 0 saturated carbocycles. The molecule has 0 aliphatic heterocycles. The summed E-state index contributed by atoms with van der Waals surface area (Å²) in [6.45, 7) is 1.42. The monoisotopic (exact) mass is 367 g/mol. The number of nitrogens with one attached hydrogen (secondary N) is 1. The molecule has 2 aromatic carbocycles. The van der Waals surface area contributed by atoms with Gasteiger partial charge in [0, 0.05) is 29.7 Å². The van der Waals surface area contributed by atoms with Crippen LogP contribution in [0.15, 0.2) is 48.7 Å². The number of aromatic nitrogens is 2. The molecule has 3 nitrogen and oxygen atoms in total. The van der Waals surface area contributed by atoms with Crippen molar-refractivity contribution < 1.29 is 22.0 Å². The van der Waals surface area contributed by atoms with E-state index in [-0.39, 0.29) is 17.9 Å². The Morgan fingerprint density at radius 2 is 1.62 bits per heavy atom. The number of anilines is 1. The molecule has 0 aliphatic carbocycles. The van der Waals surface area contributed by atoms with Crippen LogP contribution in [0.3, 0.4) is 0 Å². The first-order chi connectivity index (χ1) is 12.3. The normalized spacial score (nSPS) is 11.6. The van der Waals surface area contributed by atoms with E-state index in [4.69, 9.17) is 0 Å². The Balaban J connectivity index is 1.76. The minimum atomic E-state index is -4.51. The van der Waals surface area contributed by atoms with Crippen LogP contribution in [0.25, 0.3) is 5.69 Å². The molecule has 0 spiro atoms. The van der Waals surface area contributed by atoms with Crippen molar-refractivity contribution >= 4 is 5.69 Å². The van der Waals surface area contributed by atoms with Gasteiger partial charge in [-0.15, -0.1) is 0 Å². The summed E-state index contributed by atoms with van der Waals surface area (Å²) in [5.74, 6) is -1.10. The molecule has 0 atom stereocenters. The lowest BCUT2D eigenvalue weighted by molar-refractivity contribution is -0.141. The number of alkyl halides is 3. The second-order valence-corrected chi connectivity index (χ2v) is 5.64. The molecular formula is C18H14F5N3. The van der Waals surface area contributed by atoms with Crippen LogP contribution >= 0.6 is 0 Å². The van der Waals surface area contributed by atoms with Crippen LogP contribution in [-0.2, 0) is 12.7 Å². The minimum absolute atomic E-state index is 0.0554. The molecule has 136 valence electrons. The lowest BCUT2D eigenvalue weighted by atomic mass is 10.2. The molecule has 26 heavy (non-hydrogen) atoms. The van der Waals surface area contributed by atoms with Crippen LogP contribution in [0.4, 0.5) is 27.6 Å². The van der Waals surface area contributed by atoms with Gasteiger partial charge >= 0.3 is 6.18 Å². The van der Waals surface area contributed by atoms with E-state index in [9.17, 15) is 22.0 Å². The maximum absolute atomic E-state index is 13.6. The van der Waals surface area contributed by atoms with Crippen molar-refractivity contribution in [3.05, 3.63) is 77.4 Å². The van der Waals surface area contributed by atoms with E-state index in [1.807, 2.05) is 0 Å². The average molecular weight is 367 g/mol. The number of benzene rings is 2. The molecule has 1 aromatic heterocycles. The van der Waals surface area contributed by atoms with Gasteiger partial charge in [0.1, 0.15) is 17.5 Å². The van der Waals surface area contributed by atoms with Crippen LogP contribution in [0.1, 0.15) is 17.1 Å². The maximum atomic E-state index is 13.6. The summed E-state index contributed by atoms with van der Waals surface area (Å²) in [5.41, 5.74) is 0.0161. The fraction of sp³-hybridized carbons (Fsp3) is 0.167. The number of rotatable bonds is 4. The largest absolute Gasteiger partial charge is 0.434 e. The third-order valence-corrected chi connectivity index (χ3v) is 3.85. The van der Waals surface area contributed by atoms with Gasteiger partial charge in [-0.05, 0) is 43.3 Å². The summed E-state index contributed by atoms with van der Waals surface area (Å²) in [4.78, 5) is 3.52. The van der Waals surface area contributed by atoms with Crippen molar-refractivity contribution in [1.82, 2.24) is 9.55 Å².